The van der Waals surface area contributed by atoms with Gasteiger partial charge in [-0.3, -0.25) is 14.4 Å². The lowest BCUT2D eigenvalue weighted by Crippen LogP contribution is -2.55. The van der Waals surface area contributed by atoms with Gasteiger partial charge in [0.05, 0.1) is 12.2 Å². The summed E-state index contributed by atoms with van der Waals surface area (Å²) in [6.07, 6.45) is 3.19. The number of β-amino-alcohol motifs (C(OH)–C–C–N with tert-alkyl or cyclic N) is 1. The Kier molecular flexibility index (Phi) is 7.89. The van der Waals surface area contributed by atoms with Gasteiger partial charge >= 0.3 is 0 Å². The molecule has 1 saturated carbocycles. The number of likely N-dealkylation sites (N-methyl/N-ethyl adjacent to an activating group) is 1. The van der Waals surface area contributed by atoms with Gasteiger partial charge in [0, 0.05) is 42.7 Å². The van der Waals surface area contributed by atoms with Crippen LogP contribution in [0.25, 0.3) is 11.3 Å². The summed E-state index contributed by atoms with van der Waals surface area (Å²) < 4.78 is 5.46. The maximum Gasteiger partial charge on any atom is 0.251 e. The van der Waals surface area contributed by atoms with Gasteiger partial charge in [-0.15, -0.1) is 11.3 Å². The van der Waals surface area contributed by atoms with Crippen LogP contribution in [-0.2, 0) is 14.3 Å². The quantitative estimate of drug-likeness (QED) is 0.543. The van der Waals surface area contributed by atoms with E-state index in [4.69, 9.17) is 9.72 Å². The number of thiazole rings is 1. The van der Waals surface area contributed by atoms with E-state index in [0.717, 1.165) is 74.7 Å². The average Bonchev–Trinajstić information content (AvgIpc) is 3.70. The number of amides is 2. The molecule has 11 heteroatoms. The van der Waals surface area contributed by atoms with Crippen LogP contribution in [0.5, 0.6) is 0 Å². The molecule has 1 aliphatic carbocycles. The minimum Gasteiger partial charge on any atom is -0.388 e. The molecule has 10 nitrogen and oxygen atoms in total. The van der Waals surface area contributed by atoms with E-state index < -0.39 is 24.3 Å². The normalized spacial score (nSPS) is 26.6. The largest absolute Gasteiger partial charge is 0.388 e. The topological polar surface area (TPSA) is 115 Å². The van der Waals surface area contributed by atoms with Crippen molar-refractivity contribution in [1.82, 2.24) is 20.1 Å². The van der Waals surface area contributed by atoms with E-state index in [9.17, 15) is 19.5 Å². The first kappa shape index (κ1) is 27.3. The van der Waals surface area contributed by atoms with Crippen LogP contribution in [0.2, 0.25) is 0 Å². The molecule has 0 unspecified atom stereocenters. The second kappa shape index (κ2) is 11.6. The van der Waals surface area contributed by atoms with Gasteiger partial charge in [-0.2, -0.15) is 0 Å². The number of carbonyl (C=O) groups excluding carboxylic acids is 3. The second-order valence-corrected chi connectivity index (χ2v) is 12.3. The van der Waals surface area contributed by atoms with Crippen molar-refractivity contribution in [2.75, 3.05) is 51.3 Å². The molecule has 1 aromatic heterocycles. The number of hydrogen-bond donors (Lipinski definition) is 2. The van der Waals surface area contributed by atoms with Crippen LogP contribution in [0.1, 0.15) is 42.5 Å². The van der Waals surface area contributed by atoms with Crippen molar-refractivity contribution >= 4 is 34.1 Å². The number of fused-ring (bicyclic) bond motifs is 1. The Bertz CT molecular complexity index is 1240. The first-order chi connectivity index (χ1) is 19.4. The summed E-state index contributed by atoms with van der Waals surface area (Å²) >= 11 is 1.63. The van der Waals surface area contributed by atoms with Crippen molar-refractivity contribution in [2.24, 2.45) is 5.92 Å². The highest BCUT2D eigenvalue weighted by Crippen LogP contribution is 2.33. The molecule has 3 saturated heterocycles. The monoisotopic (exact) mass is 567 g/mol. The number of aliphatic hydroxyl groups excluding tert-OH is 1. The average molecular weight is 568 g/mol. The van der Waals surface area contributed by atoms with Crippen molar-refractivity contribution < 1.29 is 24.2 Å². The number of rotatable bonds is 6. The lowest BCUT2D eigenvalue weighted by atomic mass is 9.83. The third-order valence-electron chi connectivity index (χ3n) is 8.82. The highest BCUT2D eigenvalue weighted by atomic mass is 32.1. The number of aromatic nitrogens is 1. The number of nitrogens with one attached hydrogen (secondary N) is 1. The van der Waals surface area contributed by atoms with Crippen molar-refractivity contribution in [3.63, 3.8) is 0 Å². The van der Waals surface area contributed by atoms with E-state index in [2.05, 4.69) is 22.2 Å². The Labute approximate surface area is 238 Å². The number of nitrogens with zero attached hydrogens (tertiary/aromatic N) is 4. The molecule has 1 aromatic carbocycles. The lowest BCUT2D eigenvalue weighted by molar-refractivity contribution is -0.139. The summed E-state index contributed by atoms with van der Waals surface area (Å²) in [5.41, 5.74) is 2.28. The molecule has 4 aliphatic rings. The molecule has 4 fully saturated rings. The number of carbonyl (C=O) groups is 3. The standard InChI is InChI=1S/C29H37N5O5S/c1-32-11-13-33(14-12-32)29-30-21(17-40-29)18-7-9-20(10-8-18)27(37)31-24(19-5-3-2-4-6-19)28(38)34-15-22(35)26-25(34)23(36)16-39-26/h7-10,17,19,22,24-26,35H,2-6,11-16H2,1H3,(H,31,37)/t22-,24+,25-,26-/m1/s1. The summed E-state index contributed by atoms with van der Waals surface area (Å²) in [5.74, 6) is -0.837. The molecule has 2 N–H and O–H groups in total. The third kappa shape index (κ3) is 5.39. The number of hydrogen-bond acceptors (Lipinski definition) is 9. The zero-order valence-electron chi connectivity index (χ0n) is 22.8. The minimum atomic E-state index is -0.905. The highest BCUT2D eigenvalue weighted by molar-refractivity contribution is 7.14. The fraction of sp³-hybridized carbons (Fsp3) is 0.586. The minimum absolute atomic E-state index is 0.0129. The lowest BCUT2D eigenvalue weighted by Gasteiger charge is -2.34. The smallest absolute Gasteiger partial charge is 0.251 e. The van der Waals surface area contributed by atoms with Gasteiger partial charge in [0.2, 0.25) is 5.91 Å². The molecule has 6 rings (SSSR count). The zero-order valence-corrected chi connectivity index (χ0v) is 23.6. The molecule has 2 aromatic rings. The molecule has 3 aliphatic heterocycles. The summed E-state index contributed by atoms with van der Waals surface area (Å²) in [4.78, 5) is 50.6. The SMILES string of the molecule is CN1CCN(c2nc(-c3ccc(C(=O)N[C@H](C(=O)N4C[C@@H](O)[C@H]5OCC(=O)[C@H]54)C4CCCCC4)cc3)cs2)CC1. The van der Waals surface area contributed by atoms with Gasteiger partial charge in [0.1, 0.15) is 30.9 Å². The Morgan fingerprint density at radius 1 is 1.10 bits per heavy atom. The molecule has 4 atom stereocenters. The highest BCUT2D eigenvalue weighted by Gasteiger charge is 2.53. The summed E-state index contributed by atoms with van der Waals surface area (Å²) in [5, 5.41) is 16.5. The van der Waals surface area contributed by atoms with E-state index in [0.29, 0.717) is 5.56 Å². The van der Waals surface area contributed by atoms with E-state index >= 15 is 0 Å². The first-order valence-electron chi connectivity index (χ1n) is 14.3. The number of piperazine rings is 1. The molecular weight excluding hydrogens is 530 g/mol. The predicted octanol–water partition coefficient (Wildman–Crippen LogP) is 1.78. The first-order valence-corrected chi connectivity index (χ1v) is 15.2. The number of Topliss-reactive ketones (excluding diaryl/α,β-unsaturated/α-hetero) is 1. The third-order valence-corrected chi connectivity index (χ3v) is 9.72. The van der Waals surface area contributed by atoms with Crippen LogP contribution in [0.15, 0.2) is 29.6 Å². The van der Waals surface area contributed by atoms with E-state index in [1.165, 1.54) is 4.90 Å². The van der Waals surface area contributed by atoms with Crippen molar-refractivity contribution in [1.29, 1.82) is 0 Å². The van der Waals surface area contributed by atoms with Gasteiger partial charge in [-0.25, -0.2) is 4.98 Å². The van der Waals surface area contributed by atoms with Gasteiger partial charge < -0.3 is 29.9 Å². The van der Waals surface area contributed by atoms with E-state index in [1.807, 2.05) is 17.5 Å². The number of anilines is 1. The van der Waals surface area contributed by atoms with Crippen LogP contribution in [-0.4, -0.2) is 108 Å². The van der Waals surface area contributed by atoms with E-state index in [-0.39, 0.29) is 36.7 Å². The zero-order chi connectivity index (χ0) is 27.8. The fourth-order valence-electron chi connectivity index (χ4n) is 6.44. The molecule has 0 bridgehead atoms. The van der Waals surface area contributed by atoms with Crippen LogP contribution < -0.4 is 10.2 Å². The Morgan fingerprint density at radius 2 is 1.82 bits per heavy atom. The van der Waals surface area contributed by atoms with Crippen molar-refractivity contribution in [3.05, 3.63) is 35.2 Å². The predicted molar refractivity (Wildman–Crippen MR) is 151 cm³/mol. The number of aliphatic hydroxyl groups is 1. The van der Waals surface area contributed by atoms with Gasteiger partial charge in [0.15, 0.2) is 10.9 Å². The molecule has 4 heterocycles. The van der Waals surface area contributed by atoms with Crippen molar-refractivity contribution in [3.8, 4) is 11.3 Å². The molecule has 40 heavy (non-hydrogen) atoms. The number of benzene rings is 1. The van der Waals surface area contributed by atoms with Crippen LogP contribution in [0, 0.1) is 5.92 Å². The molecule has 0 radical (unpaired) electrons. The maximum atomic E-state index is 13.8. The molecule has 214 valence electrons. The van der Waals surface area contributed by atoms with E-state index in [1.54, 1.807) is 23.5 Å². The molecule has 2 amide bonds. The fourth-order valence-corrected chi connectivity index (χ4v) is 7.33. The van der Waals surface area contributed by atoms with Crippen molar-refractivity contribution in [2.45, 2.75) is 56.4 Å². The van der Waals surface area contributed by atoms with Crippen LogP contribution >= 0.6 is 11.3 Å². The summed E-state index contributed by atoms with van der Waals surface area (Å²) in [7, 11) is 2.13. The summed E-state index contributed by atoms with van der Waals surface area (Å²) in [6.45, 7) is 3.90. The molecular formula is C29H37N5O5S. The number of ether oxygens (including phenoxy) is 1. The Hall–Kier alpha value is -2.86. The Morgan fingerprint density at radius 3 is 2.55 bits per heavy atom. The van der Waals surface area contributed by atoms with Crippen LogP contribution in [0.3, 0.4) is 0 Å². The maximum absolute atomic E-state index is 13.8. The summed E-state index contributed by atoms with van der Waals surface area (Å²) in [6, 6.07) is 5.80. The number of likely N-dealkylation sites (tertiary alicyclic amines) is 1. The van der Waals surface area contributed by atoms with Gasteiger partial charge in [-0.1, -0.05) is 31.4 Å². The van der Waals surface area contributed by atoms with Crippen LogP contribution in [0.4, 0.5) is 5.13 Å². The number of ketones is 1. The van der Waals surface area contributed by atoms with Gasteiger partial charge in [-0.05, 0) is 37.9 Å². The Balaban J connectivity index is 1.16. The molecule has 0 spiro atoms. The second-order valence-electron chi connectivity index (χ2n) is 11.5. The van der Waals surface area contributed by atoms with Gasteiger partial charge in [0.25, 0.3) is 5.91 Å².